The molecule has 1 aromatic carbocycles. The minimum Gasteiger partial charge on any atom is -0.459 e. The highest BCUT2D eigenvalue weighted by molar-refractivity contribution is 5.92. The molecule has 2 fully saturated rings. The topological polar surface area (TPSA) is 62.6 Å². The Bertz CT molecular complexity index is 722. The highest BCUT2D eigenvalue weighted by Gasteiger charge is 2.42. The molecule has 1 aliphatic heterocycles. The van der Waals surface area contributed by atoms with Crippen LogP contribution in [0.15, 0.2) is 53.1 Å². The Morgan fingerprint density at radius 2 is 1.83 bits per heavy atom. The Morgan fingerprint density at radius 3 is 2.50 bits per heavy atom. The van der Waals surface area contributed by atoms with E-state index in [0.29, 0.717) is 24.9 Å². The zero-order chi connectivity index (χ0) is 16.5. The Kier molecular flexibility index (Phi) is 3.84. The summed E-state index contributed by atoms with van der Waals surface area (Å²) in [6.07, 6.45) is 3.61. The van der Waals surface area contributed by atoms with Gasteiger partial charge in [0.1, 0.15) is 0 Å². The van der Waals surface area contributed by atoms with Gasteiger partial charge in [-0.25, -0.2) is 0 Å². The number of carbonyl (C=O) groups excluding carboxylic acids is 2. The molecule has 1 aliphatic carbocycles. The van der Waals surface area contributed by atoms with Gasteiger partial charge in [-0.05, 0) is 30.5 Å². The van der Waals surface area contributed by atoms with Gasteiger partial charge >= 0.3 is 0 Å². The van der Waals surface area contributed by atoms with Crippen molar-refractivity contribution in [2.45, 2.75) is 24.8 Å². The molecule has 0 spiro atoms. The molecule has 5 nitrogen and oxygen atoms in total. The second-order valence-corrected chi connectivity index (χ2v) is 6.59. The molecule has 2 atom stereocenters. The predicted molar refractivity (Wildman–Crippen MR) is 88.4 cm³/mol. The van der Waals surface area contributed by atoms with E-state index in [4.69, 9.17) is 4.42 Å². The van der Waals surface area contributed by atoms with Crippen molar-refractivity contribution in [2.24, 2.45) is 5.92 Å². The number of nitrogens with one attached hydrogen (secondary N) is 1. The minimum atomic E-state index is -0.216. The molecule has 2 aliphatic rings. The molecule has 1 saturated carbocycles. The van der Waals surface area contributed by atoms with Gasteiger partial charge in [0.25, 0.3) is 5.91 Å². The highest BCUT2D eigenvalue weighted by Crippen LogP contribution is 2.34. The lowest BCUT2D eigenvalue weighted by Gasteiger charge is -2.17. The largest absolute Gasteiger partial charge is 0.459 e. The summed E-state index contributed by atoms with van der Waals surface area (Å²) in [6, 6.07) is 13.7. The maximum atomic E-state index is 12.7. The van der Waals surface area contributed by atoms with Crippen LogP contribution in [0.2, 0.25) is 0 Å². The van der Waals surface area contributed by atoms with E-state index >= 15 is 0 Å². The van der Waals surface area contributed by atoms with E-state index in [1.54, 1.807) is 17.0 Å². The maximum absolute atomic E-state index is 12.7. The summed E-state index contributed by atoms with van der Waals surface area (Å²) in [4.78, 5) is 27.0. The molecule has 1 aromatic heterocycles. The summed E-state index contributed by atoms with van der Waals surface area (Å²) in [5.41, 5.74) is 1.10. The first-order valence-corrected chi connectivity index (χ1v) is 8.40. The third kappa shape index (κ3) is 2.94. The fraction of sp³-hybridized carbons (Fsp3) is 0.368. The Labute approximate surface area is 140 Å². The zero-order valence-corrected chi connectivity index (χ0v) is 13.4. The molecule has 24 heavy (non-hydrogen) atoms. The SMILES string of the molecule is O=C(NC1CC1)[C@H]1CN(C(=O)c2ccco2)C[C@@H]1c1ccccc1. The van der Waals surface area contributed by atoms with Gasteiger partial charge in [0.15, 0.2) is 5.76 Å². The predicted octanol–water partition coefficient (Wildman–Crippen LogP) is 2.41. The van der Waals surface area contributed by atoms with Crippen molar-refractivity contribution in [3.8, 4) is 0 Å². The van der Waals surface area contributed by atoms with Gasteiger partial charge in [0, 0.05) is 25.0 Å². The van der Waals surface area contributed by atoms with Crippen molar-refractivity contribution in [1.29, 1.82) is 0 Å². The standard InChI is InChI=1S/C19H20N2O3/c22-18(20-14-8-9-14)16-12-21(19(23)17-7-4-10-24-17)11-15(16)13-5-2-1-3-6-13/h1-7,10,14-16H,8-9,11-12H2,(H,20,22)/t15-,16+/m1/s1. The average molecular weight is 324 g/mol. The first-order valence-electron chi connectivity index (χ1n) is 8.40. The molecule has 1 saturated heterocycles. The molecule has 124 valence electrons. The van der Waals surface area contributed by atoms with E-state index < -0.39 is 0 Å². The van der Waals surface area contributed by atoms with Gasteiger partial charge < -0.3 is 14.6 Å². The monoisotopic (exact) mass is 324 g/mol. The Morgan fingerprint density at radius 1 is 1.04 bits per heavy atom. The number of hydrogen-bond donors (Lipinski definition) is 1. The van der Waals surface area contributed by atoms with Gasteiger partial charge in [0.2, 0.25) is 5.91 Å². The number of carbonyl (C=O) groups is 2. The molecule has 5 heteroatoms. The second kappa shape index (κ2) is 6.15. The molecule has 0 unspecified atom stereocenters. The number of hydrogen-bond acceptors (Lipinski definition) is 3. The molecule has 0 radical (unpaired) electrons. The van der Waals surface area contributed by atoms with Gasteiger partial charge in [-0.15, -0.1) is 0 Å². The van der Waals surface area contributed by atoms with E-state index in [1.165, 1.54) is 6.26 Å². The van der Waals surface area contributed by atoms with Crippen molar-refractivity contribution in [1.82, 2.24) is 10.2 Å². The highest BCUT2D eigenvalue weighted by atomic mass is 16.3. The van der Waals surface area contributed by atoms with E-state index in [9.17, 15) is 9.59 Å². The normalized spacial score (nSPS) is 23.2. The van der Waals surface area contributed by atoms with Crippen molar-refractivity contribution < 1.29 is 14.0 Å². The molecular formula is C19H20N2O3. The fourth-order valence-corrected chi connectivity index (χ4v) is 3.37. The molecule has 2 amide bonds. The van der Waals surface area contributed by atoms with E-state index in [0.717, 1.165) is 18.4 Å². The summed E-state index contributed by atoms with van der Waals surface area (Å²) in [5.74, 6) is 0.0320. The summed E-state index contributed by atoms with van der Waals surface area (Å²) >= 11 is 0. The molecule has 4 rings (SSSR count). The number of furan rings is 1. The van der Waals surface area contributed by atoms with Crippen LogP contribution in [0.25, 0.3) is 0 Å². The van der Waals surface area contributed by atoms with Crippen LogP contribution in [0.4, 0.5) is 0 Å². The summed E-state index contributed by atoms with van der Waals surface area (Å²) in [6.45, 7) is 0.962. The molecule has 2 aromatic rings. The zero-order valence-electron chi connectivity index (χ0n) is 13.4. The molecule has 2 heterocycles. The quantitative estimate of drug-likeness (QED) is 0.939. The number of amides is 2. The fourth-order valence-electron chi connectivity index (χ4n) is 3.37. The first-order chi connectivity index (χ1) is 11.7. The van der Waals surface area contributed by atoms with Gasteiger partial charge in [0.05, 0.1) is 12.2 Å². The smallest absolute Gasteiger partial charge is 0.289 e. The van der Waals surface area contributed by atoms with Crippen LogP contribution >= 0.6 is 0 Å². The molecule has 0 bridgehead atoms. The van der Waals surface area contributed by atoms with Crippen LogP contribution in [0.1, 0.15) is 34.9 Å². The summed E-state index contributed by atoms with van der Waals surface area (Å²) in [5, 5.41) is 3.09. The lowest BCUT2D eigenvalue weighted by molar-refractivity contribution is -0.125. The second-order valence-electron chi connectivity index (χ2n) is 6.59. The third-order valence-corrected chi connectivity index (χ3v) is 4.83. The van der Waals surface area contributed by atoms with Crippen molar-refractivity contribution in [3.05, 3.63) is 60.1 Å². The lowest BCUT2D eigenvalue weighted by Crippen LogP contribution is -2.36. The van der Waals surface area contributed by atoms with Gasteiger partial charge in [-0.2, -0.15) is 0 Å². The minimum absolute atomic E-state index is 0.0175. The van der Waals surface area contributed by atoms with Crippen LogP contribution in [-0.4, -0.2) is 35.8 Å². The Hall–Kier alpha value is -2.56. The van der Waals surface area contributed by atoms with E-state index in [2.05, 4.69) is 5.32 Å². The molecular weight excluding hydrogens is 304 g/mol. The lowest BCUT2D eigenvalue weighted by atomic mass is 9.88. The van der Waals surface area contributed by atoms with Gasteiger partial charge in [-0.3, -0.25) is 9.59 Å². The van der Waals surface area contributed by atoms with Crippen molar-refractivity contribution >= 4 is 11.8 Å². The van der Waals surface area contributed by atoms with Crippen LogP contribution in [0, 0.1) is 5.92 Å². The van der Waals surface area contributed by atoms with Crippen LogP contribution in [-0.2, 0) is 4.79 Å². The van der Waals surface area contributed by atoms with E-state index in [1.807, 2.05) is 30.3 Å². The number of nitrogens with zero attached hydrogens (tertiary/aromatic N) is 1. The number of likely N-dealkylation sites (tertiary alicyclic amines) is 1. The summed E-state index contributed by atoms with van der Waals surface area (Å²) < 4.78 is 5.23. The third-order valence-electron chi connectivity index (χ3n) is 4.83. The van der Waals surface area contributed by atoms with Crippen molar-refractivity contribution in [3.63, 3.8) is 0 Å². The summed E-state index contributed by atoms with van der Waals surface area (Å²) in [7, 11) is 0. The maximum Gasteiger partial charge on any atom is 0.289 e. The van der Waals surface area contributed by atoms with Crippen LogP contribution < -0.4 is 5.32 Å². The number of benzene rings is 1. The van der Waals surface area contributed by atoms with Crippen molar-refractivity contribution in [2.75, 3.05) is 13.1 Å². The molecule has 1 N–H and O–H groups in total. The van der Waals surface area contributed by atoms with Gasteiger partial charge in [-0.1, -0.05) is 30.3 Å². The van der Waals surface area contributed by atoms with Crippen LogP contribution in [0.5, 0.6) is 0 Å². The number of rotatable bonds is 4. The average Bonchev–Trinajstić information content (AvgIpc) is 3.11. The van der Waals surface area contributed by atoms with E-state index in [-0.39, 0.29) is 23.7 Å². The Balaban J connectivity index is 1.57. The van der Waals surface area contributed by atoms with Crippen LogP contribution in [0.3, 0.4) is 0 Å². The first kappa shape index (κ1) is 15.0.